The van der Waals surface area contributed by atoms with Crippen molar-refractivity contribution < 1.29 is 0 Å². The van der Waals surface area contributed by atoms with Gasteiger partial charge in [0.25, 0.3) is 0 Å². The second-order valence-electron chi connectivity index (χ2n) is 2.69. The second kappa shape index (κ2) is 4.99. The Morgan fingerprint density at radius 2 is 2.00 bits per heavy atom. The van der Waals surface area contributed by atoms with Crippen LogP contribution in [0.5, 0.6) is 0 Å². The van der Waals surface area contributed by atoms with Gasteiger partial charge >= 0.3 is 0 Å². The zero-order valence-electron chi connectivity index (χ0n) is 7.74. The number of benzene rings is 1. The van der Waals surface area contributed by atoms with Gasteiger partial charge in [0.1, 0.15) is 18.0 Å². The predicted octanol–water partition coefficient (Wildman–Crippen LogP) is 1.66. The van der Waals surface area contributed by atoms with E-state index in [0.29, 0.717) is 11.3 Å². The van der Waals surface area contributed by atoms with E-state index in [4.69, 9.17) is 27.9 Å². The van der Waals surface area contributed by atoms with Gasteiger partial charge < -0.3 is 5.73 Å². The highest BCUT2D eigenvalue weighted by Crippen LogP contribution is 2.17. The van der Waals surface area contributed by atoms with Crippen LogP contribution in [0.25, 0.3) is 0 Å². The minimum atomic E-state index is 0.127. The molecule has 2 N–H and O–H groups in total. The molecule has 0 aliphatic rings. The molecule has 0 amide bonds. The average Bonchev–Trinajstić information content (AvgIpc) is 2.28. The molecule has 74 valence electrons. The van der Waals surface area contributed by atoms with Crippen LogP contribution in [-0.2, 0) is 0 Å². The Balaban J connectivity index is 3.17. The van der Waals surface area contributed by atoms with Crippen molar-refractivity contribution in [2.45, 2.75) is 0 Å². The maximum absolute atomic E-state index is 8.76. The molecular weight excluding hydrogens is 212 g/mol. The van der Waals surface area contributed by atoms with Crippen LogP contribution in [0.2, 0.25) is 0 Å². The number of aliphatic imine (C=N–C) groups is 1. The summed E-state index contributed by atoms with van der Waals surface area (Å²) in [4.78, 5) is 3.96. The van der Waals surface area contributed by atoms with Crippen LogP contribution < -0.4 is 5.73 Å². The highest BCUT2D eigenvalue weighted by molar-refractivity contribution is 6.28. The summed E-state index contributed by atoms with van der Waals surface area (Å²) < 4.78 is 0. The Bertz CT molecular complexity index is 479. The fraction of sp³-hybridized carbons (Fsp3) is 0.100. The van der Waals surface area contributed by atoms with Crippen LogP contribution in [-0.4, -0.2) is 11.7 Å². The fourth-order valence-electron chi connectivity index (χ4n) is 0.987. The Morgan fingerprint density at radius 3 is 2.53 bits per heavy atom. The van der Waals surface area contributed by atoms with E-state index in [1.165, 1.54) is 12.1 Å². The summed E-state index contributed by atoms with van der Waals surface area (Å²) in [5.41, 5.74) is 6.55. The molecule has 1 rings (SSSR count). The summed E-state index contributed by atoms with van der Waals surface area (Å²) in [6.45, 7) is 0. The maximum atomic E-state index is 8.76. The summed E-state index contributed by atoms with van der Waals surface area (Å²) in [5.74, 6) is 0.396. The van der Waals surface area contributed by atoms with Crippen LogP contribution in [0.1, 0.15) is 11.1 Å². The lowest BCUT2D eigenvalue weighted by Gasteiger charge is -1.98. The Kier molecular flexibility index (Phi) is 3.68. The lowest BCUT2D eigenvalue weighted by atomic mass is 10.1. The molecule has 0 aliphatic heterocycles. The molecule has 0 aromatic heterocycles. The number of rotatable bonds is 2. The molecule has 0 atom stereocenters. The van der Waals surface area contributed by atoms with Gasteiger partial charge in [-0.25, -0.2) is 4.99 Å². The quantitative estimate of drug-likeness (QED) is 0.465. The van der Waals surface area contributed by atoms with Crippen LogP contribution in [0.3, 0.4) is 0 Å². The topological polar surface area (TPSA) is 86.0 Å². The van der Waals surface area contributed by atoms with Crippen molar-refractivity contribution >= 4 is 23.1 Å². The van der Waals surface area contributed by atoms with E-state index in [1.807, 2.05) is 12.1 Å². The number of amidine groups is 1. The first-order valence-electron chi connectivity index (χ1n) is 4.04. The highest BCUT2D eigenvalue weighted by Gasteiger charge is 2.02. The number of nitriles is 2. The molecule has 15 heavy (non-hydrogen) atoms. The van der Waals surface area contributed by atoms with Gasteiger partial charge in [-0.15, -0.1) is 11.6 Å². The molecule has 0 saturated heterocycles. The third-order valence-electron chi connectivity index (χ3n) is 1.65. The van der Waals surface area contributed by atoms with Crippen LogP contribution >= 0.6 is 11.6 Å². The molecule has 1 aromatic carbocycles. The van der Waals surface area contributed by atoms with Crippen molar-refractivity contribution in [3.05, 3.63) is 29.3 Å². The normalized spacial score (nSPS) is 10.5. The van der Waals surface area contributed by atoms with Crippen molar-refractivity contribution in [1.29, 1.82) is 10.5 Å². The van der Waals surface area contributed by atoms with Gasteiger partial charge in [0, 0.05) is 0 Å². The molecule has 0 saturated carbocycles. The highest BCUT2D eigenvalue weighted by atomic mass is 35.5. The predicted molar refractivity (Wildman–Crippen MR) is 57.9 cm³/mol. The Hall–Kier alpha value is -2.04. The van der Waals surface area contributed by atoms with Gasteiger partial charge in [-0.3, -0.25) is 0 Å². The molecule has 1 aromatic rings. The number of nitrogens with two attached hydrogens (primary N) is 1. The smallest absolute Gasteiger partial charge is 0.115 e. The molecular formula is C10H7ClN4. The Morgan fingerprint density at radius 1 is 1.33 bits per heavy atom. The monoisotopic (exact) mass is 218 g/mol. The summed E-state index contributed by atoms with van der Waals surface area (Å²) in [6.07, 6.45) is 0. The first kappa shape index (κ1) is 11.0. The van der Waals surface area contributed by atoms with Crippen molar-refractivity contribution in [3.63, 3.8) is 0 Å². The molecule has 0 spiro atoms. The number of nitrogens with zero attached hydrogens (tertiary/aromatic N) is 3. The zero-order chi connectivity index (χ0) is 11.3. The molecule has 0 radical (unpaired) electrons. The molecule has 4 nitrogen and oxygen atoms in total. The number of halogens is 1. The summed E-state index contributed by atoms with van der Waals surface area (Å²) in [7, 11) is 0. The van der Waals surface area contributed by atoms with E-state index in [9.17, 15) is 0 Å². The van der Waals surface area contributed by atoms with E-state index in [2.05, 4.69) is 4.99 Å². The SMILES string of the molecule is N#Cc1ccc(N=C(N)CCl)cc1C#N. The van der Waals surface area contributed by atoms with Crippen LogP contribution in [0, 0.1) is 22.7 Å². The first-order valence-corrected chi connectivity index (χ1v) is 4.58. The van der Waals surface area contributed by atoms with Gasteiger partial charge in [-0.05, 0) is 18.2 Å². The van der Waals surface area contributed by atoms with Gasteiger partial charge in [0.15, 0.2) is 0 Å². The van der Waals surface area contributed by atoms with Crippen molar-refractivity contribution in [2.75, 3.05) is 5.88 Å². The summed E-state index contributed by atoms with van der Waals surface area (Å²) in [6, 6.07) is 8.46. The first-order chi connectivity index (χ1) is 7.21. The van der Waals surface area contributed by atoms with Crippen molar-refractivity contribution in [2.24, 2.45) is 10.7 Å². The lowest BCUT2D eigenvalue weighted by Crippen LogP contribution is -2.12. The average molecular weight is 219 g/mol. The van der Waals surface area contributed by atoms with Crippen molar-refractivity contribution in [1.82, 2.24) is 0 Å². The Labute approximate surface area is 92.2 Å². The van der Waals surface area contributed by atoms with Gasteiger partial charge in [0.2, 0.25) is 0 Å². The zero-order valence-corrected chi connectivity index (χ0v) is 8.49. The van der Waals surface area contributed by atoms with Gasteiger partial charge in [-0.1, -0.05) is 0 Å². The van der Waals surface area contributed by atoms with E-state index in [-0.39, 0.29) is 17.3 Å². The molecule has 0 unspecified atom stereocenters. The summed E-state index contributed by atoms with van der Waals surface area (Å²) >= 11 is 5.46. The fourth-order valence-corrected chi connectivity index (χ4v) is 1.05. The molecule has 5 heteroatoms. The second-order valence-corrected chi connectivity index (χ2v) is 2.96. The molecule has 0 bridgehead atoms. The van der Waals surface area contributed by atoms with E-state index in [1.54, 1.807) is 6.07 Å². The third-order valence-corrected chi connectivity index (χ3v) is 1.93. The molecule has 0 heterocycles. The lowest BCUT2D eigenvalue weighted by molar-refractivity contribution is 1.39. The van der Waals surface area contributed by atoms with E-state index < -0.39 is 0 Å². The van der Waals surface area contributed by atoms with Gasteiger partial charge in [0.05, 0.1) is 22.7 Å². The van der Waals surface area contributed by atoms with Crippen LogP contribution in [0.4, 0.5) is 5.69 Å². The number of hydrogen-bond donors (Lipinski definition) is 1. The van der Waals surface area contributed by atoms with Gasteiger partial charge in [-0.2, -0.15) is 10.5 Å². The van der Waals surface area contributed by atoms with Crippen LogP contribution in [0.15, 0.2) is 23.2 Å². The standard InChI is InChI=1S/C10H7ClN4/c11-4-10(14)15-9-2-1-7(5-12)8(3-9)6-13/h1-3H,4H2,(H2,14,15). The molecule has 0 aliphatic carbocycles. The van der Waals surface area contributed by atoms with E-state index >= 15 is 0 Å². The number of alkyl halides is 1. The third kappa shape index (κ3) is 2.70. The number of hydrogen-bond acceptors (Lipinski definition) is 3. The minimum Gasteiger partial charge on any atom is -0.386 e. The van der Waals surface area contributed by atoms with Crippen molar-refractivity contribution in [3.8, 4) is 12.1 Å². The minimum absolute atomic E-state index is 0.127. The maximum Gasteiger partial charge on any atom is 0.115 e. The molecule has 0 fully saturated rings. The largest absolute Gasteiger partial charge is 0.386 e. The van der Waals surface area contributed by atoms with E-state index in [0.717, 1.165) is 0 Å². The summed E-state index contributed by atoms with van der Waals surface area (Å²) in [5, 5.41) is 17.4.